The quantitative estimate of drug-likeness (QED) is 0.743. The SMILES string of the molecule is CC(C)OC(=O)[C@@H](N[C@H](C)c1ccccc1)C12CC3CC(CC(O)(C3)C1)C2. The summed E-state index contributed by atoms with van der Waals surface area (Å²) in [6.07, 6.45) is 5.67. The minimum absolute atomic E-state index is 0.0542. The van der Waals surface area contributed by atoms with E-state index in [9.17, 15) is 9.90 Å². The van der Waals surface area contributed by atoms with Crippen LogP contribution in [0.1, 0.15) is 70.9 Å². The second-order valence-corrected chi connectivity index (χ2v) is 9.77. The number of hydrogen-bond acceptors (Lipinski definition) is 4. The minimum atomic E-state index is -0.585. The molecule has 4 aliphatic carbocycles. The largest absolute Gasteiger partial charge is 0.462 e. The van der Waals surface area contributed by atoms with Crippen molar-refractivity contribution in [2.75, 3.05) is 0 Å². The fraction of sp³-hybridized carbons (Fsp3) is 0.696. The van der Waals surface area contributed by atoms with Gasteiger partial charge in [-0.3, -0.25) is 10.1 Å². The molecule has 0 amide bonds. The lowest BCUT2D eigenvalue weighted by molar-refractivity contribution is -0.187. The third kappa shape index (κ3) is 3.66. The molecule has 4 nitrogen and oxygen atoms in total. The Bertz CT molecular complexity index is 672. The summed E-state index contributed by atoms with van der Waals surface area (Å²) >= 11 is 0. The first-order chi connectivity index (χ1) is 12.8. The van der Waals surface area contributed by atoms with Crippen molar-refractivity contribution in [1.82, 2.24) is 5.32 Å². The van der Waals surface area contributed by atoms with Gasteiger partial charge in [0.1, 0.15) is 6.04 Å². The molecule has 0 saturated heterocycles. The minimum Gasteiger partial charge on any atom is -0.462 e. The fourth-order valence-electron chi connectivity index (χ4n) is 6.51. The molecular weight excluding hydrogens is 338 g/mol. The zero-order valence-corrected chi connectivity index (χ0v) is 16.8. The van der Waals surface area contributed by atoms with Crippen molar-refractivity contribution in [2.24, 2.45) is 17.3 Å². The molecule has 5 rings (SSSR count). The molecule has 2 N–H and O–H groups in total. The van der Waals surface area contributed by atoms with Crippen molar-refractivity contribution < 1.29 is 14.6 Å². The van der Waals surface area contributed by atoms with Crippen molar-refractivity contribution in [3.8, 4) is 0 Å². The molecule has 0 radical (unpaired) electrons. The maximum atomic E-state index is 13.2. The molecule has 2 unspecified atom stereocenters. The molecular formula is C23H33NO3. The highest BCUT2D eigenvalue weighted by atomic mass is 16.5. The molecule has 4 saturated carbocycles. The third-order valence-electron chi connectivity index (χ3n) is 6.99. The van der Waals surface area contributed by atoms with Crippen molar-refractivity contribution in [3.05, 3.63) is 35.9 Å². The van der Waals surface area contributed by atoms with Crippen LogP contribution < -0.4 is 5.32 Å². The Morgan fingerprint density at radius 1 is 1.11 bits per heavy atom. The zero-order chi connectivity index (χ0) is 19.2. The number of benzene rings is 1. The van der Waals surface area contributed by atoms with Gasteiger partial charge in [0.25, 0.3) is 0 Å². The molecule has 1 aromatic rings. The first-order valence-corrected chi connectivity index (χ1v) is 10.5. The average Bonchev–Trinajstić information content (AvgIpc) is 2.57. The van der Waals surface area contributed by atoms with E-state index in [4.69, 9.17) is 4.74 Å². The van der Waals surface area contributed by atoms with E-state index in [-0.39, 0.29) is 29.6 Å². The molecule has 27 heavy (non-hydrogen) atoms. The van der Waals surface area contributed by atoms with Crippen LogP contribution >= 0.6 is 0 Å². The van der Waals surface area contributed by atoms with Gasteiger partial charge in [-0.2, -0.15) is 0 Å². The lowest BCUT2D eigenvalue weighted by Gasteiger charge is -2.62. The van der Waals surface area contributed by atoms with Gasteiger partial charge < -0.3 is 9.84 Å². The molecule has 0 spiro atoms. The Hall–Kier alpha value is -1.39. The Labute approximate surface area is 162 Å². The number of esters is 1. The number of ether oxygens (including phenoxy) is 1. The van der Waals surface area contributed by atoms with Crippen LogP contribution in [0.4, 0.5) is 0 Å². The zero-order valence-electron chi connectivity index (χ0n) is 16.8. The van der Waals surface area contributed by atoms with Gasteiger partial charge in [-0.25, -0.2) is 0 Å². The maximum Gasteiger partial charge on any atom is 0.323 e. The molecule has 0 aromatic heterocycles. The van der Waals surface area contributed by atoms with Gasteiger partial charge in [-0.15, -0.1) is 0 Å². The van der Waals surface area contributed by atoms with E-state index in [2.05, 4.69) is 24.4 Å². The van der Waals surface area contributed by atoms with E-state index < -0.39 is 5.60 Å². The number of rotatable bonds is 6. The van der Waals surface area contributed by atoms with Gasteiger partial charge in [-0.05, 0) is 82.1 Å². The summed E-state index contributed by atoms with van der Waals surface area (Å²) in [5.41, 5.74) is 0.398. The number of aliphatic hydroxyl groups is 1. The lowest BCUT2D eigenvalue weighted by Crippen LogP contribution is -2.64. The molecule has 4 bridgehead atoms. The standard InChI is InChI=1S/C23H33NO3/c1-15(2)27-21(25)20(24-16(3)19-7-5-4-6-8-19)22-10-17-9-18(11-22)13-23(26,12-17)14-22/h4-8,15-18,20,24,26H,9-14H2,1-3H3/t16-,17?,18?,20-,22?,23?/m1/s1. The summed E-state index contributed by atoms with van der Waals surface area (Å²) in [5, 5.41) is 14.8. The van der Waals surface area contributed by atoms with E-state index in [1.165, 1.54) is 12.0 Å². The van der Waals surface area contributed by atoms with Crippen LogP contribution in [0.3, 0.4) is 0 Å². The molecule has 4 aliphatic rings. The van der Waals surface area contributed by atoms with E-state index in [1.807, 2.05) is 32.0 Å². The smallest absolute Gasteiger partial charge is 0.323 e. The van der Waals surface area contributed by atoms with Crippen molar-refractivity contribution in [2.45, 2.75) is 83.1 Å². The lowest BCUT2D eigenvalue weighted by atomic mass is 9.46. The molecule has 0 heterocycles. The third-order valence-corrected chi connectivity index (χ3v) is 6.99. The van der Waals surface area contributed by atoms with Gasteiger partial charge in [0.15, 0.2) is 0 Å². The molecule has 4 heteroatoms. The van der Waals surface area contributed by atoms with E-state index in [0.29, 0.717) is 11.8 Å². The monoisotopic (exact) mass is 371 g/mol. The van der Waals surface area contributed by atoms with Crippen LogP contribution in [0.25, 0.3) is 0 Å². The Morgan fingerprint density at radius 3 is 2.30 bits per heavy atom. The van der Waals surface area contributed by atoms with E-state index >= 15 is 0 Å². The topological polar surface area (TPSA) is 58.6 Å². The highest BCUT2D eigenvalue weighted by Gasteiger charge is 2.61. The Balaban J connectivity index is 1.63. The molecule has 148 valence electrons. The molecule has 1 aromatic carbocycles. The summed E-state index contributed by atoms with van der Waals surface area (Å²) in [6, 6.07) is 9.94. The average molecular weight is 372 g/mol. The summed E-state index contributed by atoms with van der Waals surface area (Å²) in [4.78, 5) is 13.2. The molecule has 4 atom stereocenters. The second kappa shape index (κ2) is 6.89. The van der Waals surface area contributed by atoms with Crippen LogP contribution in [0.5, 0.6) is 0 Å². The predicted molar refractivity (Wildman–Crippen MR) is 105 cm³/mol. The van der Waals surface area contributed by atoms with Gasteiger partial charge in [0, 0.05) is 6.04 Å². The van der Waals surface area contributed by atoms with Gasteiger partial charge in [0.2, 0.25) is 0 Å². The summed E-state index contributed by atoms with van der Waals surface area (Å²) in [7, 11) is 0. The number of hydrogen-bond donors (Lipinski definition) is 2. The fourth-order valence-corrected chi connectivity index (χ4v) is 6.51. The van der Waals surface area contributed by atoms with Crippen molar-refractivity contribution in [3.63, 3.8) is 0 Å². The van der Waals surface area contributed by atoms with Crippen LogP contribution in [-0.2, 0) is 9.53 Å². The van der Waals surface area contributed by atoms with Gasteiger partial charge in [0.05, 0.1) is 11.7 Å². The van der Waals surface area contributed by atoms with Crippen LogP contribution in [0.15, 0.2) is 30.3 Å². The van der Waals surface area contributed by atoms with Crippen molar-refractivity contribution in [1.29, 1.82) is 0 Å². The maximum absolute atomic E-state index is 13.2. The van der Waals surface area contributed by atoms with Crippen molar-refractivity contribution >= 4 is 5.97 Å². The van der Waals surface area contributed by atoms with E-state index in [0.717, 1.165) is 32.1 Å². The van der Waals surface area contributed by atoms with Crippen LogP contribution in [0, 0.1) is 17.3 Å². The molecule has 0 aliphatic heterocycles. The van der Waals surface area contributed by atoms with Gasteiger partial charge in [-0.1, -0.05) is 30.3 Å². The predicted octanol–water partition coefficient (Wildman–Crippen LogP) is 3.99. The normalized spacial score (nSPS) is 36.6. The second-order valence-electron chi connectivity index (χ2n) is 9.77. The summed E-state index contributed by atoms with van der Waals surface area (Å²) < 4.78 is 5.69. The number of carbonyl (C=O) groups excluding carboxylic acids is 1. The van der Waals surface area contributed by atoms with E-state index in [1.54, 1.807) is 0 Å². The first kappa shape index (κ1) is 18.9. The Kier molecular flexibility index (Phi) is 4.84. The number of carbonyl (C=O) groups is 1. The first-order valence-electron chi connectivity index (χ1n) is 10.5. The summed E-state index contributed by atoms with van der Waals surface area (Å²) in [6.45, 7) is 5.92. The summed E-state index contributed by atoms with van der Waals surface area (Å²) in [5.74, 6) is 0.928. The highest BCUT2D eigenvalue weighted by molar-refractivity contribution is 5.77. The van der Waals surface area contributed by atoms with Gasteiger partial charge >= 0.3 is 5.97 Å². The molecule has 4 fully saturated rings. The van der Waals surface area contributed by atoms with Crippen LogP contribution in [-0.4, -0.2) is 28.8 Å². The highest BCUT2D eigenvalue weighted by Crippen LogP contribution is 2.63. The Morgan fingerprint density at radius 2 is 1.74 bits per heavy atom. The van der Waals surface area contributed by atoms with Crippen LogP contribution in [0.2, 0.25) is 0 Å². The number of nitrogens with one attached hydrogen (secondary N) is 1.